The maximum Gasteiger partial charge on any atom is 0.257 e. The maximum absolute atomic E-state index is 13.2. The second kappa shape index (κ2) is 13.7. The van der Waals surface area contributed by atoms with Crippen LogP contribution in [0.5, 0.6) is 11.5 Å². The number of halogens is 2. The predicted octanol–water partition coefficient (Wildman–Crippen LogP) is 6.66. The second-order valence-corrected chi connectivity index (χ2v) is 11.5. The van der Waals surface area contributed by atoms with Crippen LogP contribution in [0.4, 0.5) is 0 Å². The monoisotopic (exact) mass is 642 g/mol. The van der Waals surface area contributed by atoms with Gasteiger partial charge in [0.25, 0.3) is 5.91 Å². The highest BCUT2D eigenvalue weighted by Crippen LogP contribution is 2.51. The summed E-state index contributed by atoms with van der Waals surface area (Å²) in [6.07, 6.45) is 4.32. The van der Waals surface area contributed by atoms with Crippen molar-refractivity contribution in [1.82, 2.24) is 10.2 Å². The molecule has 7 nitrogen and oxygen atoms in total. The number of ether oxygens (including phenoxy) is 2. The van der Waals surface area contributed by atoms with Crippen molar-refractivity contribution >= 4 is 45.0 Å². The topological polar surface area (TPSA) is 84.9 Å². The highest BCUT2D eigenvalue weighted by molar-refractivity contribution is 9.10. The van der Waals surface area contributed by atoms with Crippen LogP contribution < -0.4 is 14.8 Å². The quantitative estimate of drug-likeness (QED) is 0.379. The number of methoxy groups -OCH3 is 1. The lowest BCUT2D eigenvalue weighted by Crippen LogP contribution is -2.39. The summed E-state index contributed by atoms with van der Waals surface area (Å²) in [5.74, 6) is 0.391. The van der Waals surface area contributed by atoms with Crippen LogP contribution in [0.1, 0.15) is 62.5 Å². The molecule has 0 aromatic heterocycles. The summed E-state index contributed by atoms with van der Waals surface area (Å²) in [5, 5.41) is 3.37. The molecule has 1 aliphatic heterocycles. The molecule has 1 heterocycles. The molecule has 9 heteroatoms. The van der Waals surface area contributed by atoms with Crippen molar-refractivity contribution in [3.05, 3.63) is 79.6 Å². The molecule has 1 amide bonds. The number of nitrogens with one attached hydrogen (secondary N) is 1. The summed E-state index contributed by atoms with van der Waals surface area (Å²) >= 11 is 9.27. The van der Waals surface area contributed by atoms with Crippen LogP contribution in [0.3, 0.4) is 0 Å². The summed E-state index contributed by atoms with van der Waals surface area (Å²) in [4.78, 5) is 40.4. The van der Waals surface area contributed by atoms with Crippen molar-refractivity contribution in [2.45, 2.75) is 58.3 Å². The van der Waals surface area contributed by atoms with Gasteiger partial charge in [-0.25, -0.2) is 0 Å². The molecular formula is C32H36BrClN2O5. The van der Waals surface area contributed by atoms with Crippen LogP contribution in [-0.4, -0.2) is 49.7 Å². The molecule has 0 spiro atoms. The van der Waals surface area contributed by atoms with Gasteiger partial charge in [-0.2, -0.15) is 0 Å². The zero-order chi connectivity index (χ0) is 29.7. The van der Waals surface area contributed by atoms with Gasteiger partial charge in [0, 0.05) is 59.9 Å². The van der Waals surface area contributed by atoms with Crippen molar-refractivity contribution in [3.8, 4) is 11.5 Å². The molecule has 2 aromatic rings. The Morgan fingerprint density at radius 3 is 2.15 bits per heavy atom. The first-order valence-corrected chi connectivity index (χ1v) is 15.1. The van der Waals surface area contributed by atoms with Gasteiger partial charge in [0.05, 0.1) is 11.6 Å². The molecule has 0 atom stereocenters. The Morgan fingerprint density at radius 1 is 1.05 bits per heavy atom. The molecule has 0 saturated heterocycles. The SMILES string of the molecule is CCN1C2=C(C(=O)CCC2)C(c2cc(Br)c(OCC(=O)NC)c(OC)c2)C2=C1CCCC2=O.Cc1ccccc1Cl. The number of allylic oxidation sites excluding steroid dienone is 4. The Kier molecular flexibility index (Phi) is 10.3. The highest BCUT2D eigenvalue weighted by Gasteiger charge is 2.43. The van der Waals surface area contributed by atoms with E-state index in [1.807, 2.05) is 43.3 Å². The molecule has 0 unspecified atom stereocenters. The van der Waals surface area contributed by atoms with Crippen molar-refractivity contribution < 1.29 is 23.9 Å². The number of nitrogens with zero attached hydrogens (tertiary/aromatic N) is 1. The van der Waals surface area contributed by atoms with E-state index in [1.54, 1.807) is 7.05 Å². The van der Waals surface area contributed by atoms with Gasteiger partial charge >= 0.3 is 0 Å². The summed E-state index contributed by atoms with van der Waals surface area (Å²) < 4.78 is 11.9. The zero-order valence-corrected chi connectivity index (χ0v) is 26.3. The molecule has 0 radical (unpaired) electrons. The van der Waals surface area contributed by atoms with Crippen molar-refractivity contribution in [2.75, 3.05) is 27.3 Å². The number of aryl methyl sites for hydroxylation is 1. The number of carbonyl (C=O) groups excluding carboxylic acids is 3. The fourth-order valence-corrected chi connectivity index (χ4v) is 6.45. The number of hydrogen-bond acceptors (Lipinski definition) is 6. The van der Waals surface area contributed by atoms with E-state index in [9.17, 15) is 14.4 Å². The molecule has 2 aliphatic carbocycles. The Hall–Kier alpha value is -3.10. The summed E-state index contributed by atoms with van der Waals surface area (Å²) in [6.45, 7) is 4.65. The summed E-state index contributed by atoms with van der Waals surface area (Å²) in [5.41, 5.74) is 5.54. The molecule has 218 valence electrons. The molecular weight excluding hydrogens is 608 g/mol. The smallest absolute Gasteiger partial charge is 0.257 e. The number of carbonyl (C=O) groups is 3. The Labute approximate surface area is 255 Å². The van der Waals surface area contributed by atoms with Crippen LogP contribution in [0.2, 0.25) is 5.02 Å². The molecule has 5 rings (SSSR count). The third-order valence-corrected chi connectivity index (χ3v) is 8.70. The van der Waals surface area contributed by atoms with Gasteiger partial charge in [-0.05, 0) is 84.8 Å². The number of ketones is 2. The molecule has 0 bridgehead atoms. The van der Waals surface area contributed by atoms with E-state index in [4.69, 9.17) is 21.1 Å². The number of hydrogen-bond donors (Lipinski definition) is 1. The minimum absolute atomic E-state index is 0.111. The van der Waals surface area contributed by atoms with Gasteiger partial charge in [-0.1, -0.05) is 29.8 Å². The number of likely N-dealkylation sites (N-methyl/N-ethyl adjacent to an activating group) is 1. The van der Waals surface area contributed by atoms with Gasteiger partial charge < -0.3 is 19.7 Å². The van der Waals surface area contributed by atoms with E-state index in [1.165, 1.54) is 7.11 Å². The van der Waals surface area contributed by atoms with Crippen molar-refractivity contribution in [1.29, 1.82) is 0 Å². The van der Waals surface area contributed by atoms with Crippen LogP contribution in [-0.2, 0) is 14.4 Å². The number of rotatable bonds is 6. The highest BCUT2D eigenvalue weighted by atomic mass is 79.9. The van der Waals surface area contributed by atoms with Crippen LogP contribution in [0, 0.1) is 6.92 Å². The van der Waals surface area contributed by atoms with E-state index in [0.29, 0.717) is 28.8 Å². The molecule has 0 saturated carbocycles. The fourth-order valence-electron chi connectivity index (χ4n) is 5.74. The van der Waals surface area contributed by atoms with Gasteiger partial charge in [0.1, 0.15) is 0 Å². The molecule has 0 fully saturated rings. The second-order valence-electron chi connectivity index (χ2n) is 10.2. The minimum Gasteiger partial charge on any atom is -0.493 e. The van der Waals surface area contributed by atoms with Gasteiger partial charge in [0.2, 0.25) is 0 Å². The van der Waals surface area contributed by atoms with E-state index >= 15 is 0 Å². The van der Waals surface area contributed by atoms with Crippen molar-refractivity contribution in [2.24, 2.45) is 0 Å². The Morgan fingerprint density at radius 2 is 1.66 bits per heavy atom. The van der Waals surface area contributed by atoms with Crippen LogP contribution in [0.25, 0.3) is 0 Å². The Bertz CT molecular complexity index is 1350. The van der Waals surface area contributed by atoms with Gasteiger partial charge in [-0.3, -0.25) is 14.4 Å². The van der Waals surface area contributed by atoms with E-state index in [-0.39, 0.29) is 24.1 Å². The number of benzene rings is 2. The Balaban J connectivity index is 0.000000417. The third kappa shape index (κ3) is 6.54. The lowest BCUT2D eigenvalue weighted by molar-refractivity contribution is -0.122. The normalized spacial score (nSPS) is 17.0. The molecule has 3 aliphatic rings. The number of Topliss-reactive ketones (excluding diaryl/α,β-unsaturated/α-hetero) is 2. The van der Waals surface area contributed by atoms with E-state index < -0.39 is 5.92 Å². The van der Waals surface area contributed by atoms with E-state index in [0.717, 1.165) is 70.9 Å². The van der Waals surface area contributed by atoms with Crippen LogP contribution >= 0.6 is 27.5 Å². The fraction of sp³-hybridized carbons (Fsp3) is 0.406. The zero-order valence-electron chi connectivity index (χ0n) is 23.9. The summed E-state index contributed by atoms with van der Waals surface area (Å²) in [7, 11) is 3.08. The van der Waals surface area contributed by atoms with Crippen molar-refractivity contribution in [3.63, 3.8) is 0 Å². The van der Waals surface area contributed by atoms with Gasteiger partial charge in [0.15, 0.2) is 29.7 Å². The predicted molar refractivity (Wildman–Crippen MR) is 163 cm³/mol. The lowest BCUT2D eigenvalue weighted by Gasteiger charge is -2.43. The summed E-state index contributed by atoms with van der Waals surface area (Å²) in [6, 6.07) is 11.5. The van der Waals surface area contributed by atoms with Crippen LogP contribution in [0.15, 0.2) is 63.4 Å². The molecule has 1 N–H and O–H groups in total. The average Bonchev–Trinajstić information content (AvgIpc) is 2.97. The minimum atomic E-state index is -0.420. The third-order valence-electron chi connectivity index (χ3n) is 7.69. The first-order chi connectivity index (χ1) is 19.7. The largest absolute Gasteiger partial charge is 0.493 e. The standard InChI is InChI=1S/C25H29BrN2O5.C7H7Cl/c1-4-28-16-7-5-9-18(29)23(16)22(24-17(28)8-6-10-19(24)30)14-11-15(26)25(20(12-14)32-3)33-13-21(31)27-2;1-6-4-2-3-5-7(6)8/h11-12,22H,4-10,13H2,1-3H3,(H,27,31);2-5H,1H3. The first-order valence-electron chi connectivity index (χ1n) is 13.9. The average molecular weight is 644 g/mol. The number of amides is 1. The first kappa shape index (κ1) is 30.8. The molecule has 41 heavy (non-hydrogen) atoms. The van der Waals surface area contributed by atoms with E-state index in [2.05, 4.69) is 33.1 Å². The molecule has 2 aromatic carbocycles. The van der Waals surface area contributed by atoms with Gasteiger partial charge in [-0.15, -0.1) is 0 Å². The maximum atomic E-state index is 13.2. The lowest BCUT2D eigenvalue weighted by atomic mass is 9.71.